The molecule has 1 amide bonds. The Hall–Kier alpha value is -2.26. The molecule has 2 aromatic carbocycles. The van der Waals surface area contributed by atoms with E-state index in [0.29, 0.717) is 32.0 Å². The van der Waals surface area contributed by atoms with Crippen LogP contribution in [-0.2, 0) is 16.2 Å². The van der Waals surface area contributed by atoms with Crippen LogP contribution >= 0.6 is 47.2 Å². The maximum atomic E-state index is 12.4. The normalized spacial score (nSPS) is 15.0. The number of carboxylic acid groups (broad SMARTS) is 1. The second-order valence-corrected chi connectivity index (χ2v) is 8.62. The van der Waals surface area contributed by atoms with Crippen molar-refractivity contribution in [3.05, 3.63) is 62.5 Å². The first kappa shape index (κ1) is 22.4. The maximum absolute atomic E-state index is 12.4. The molecule has 1 aliphatic heterocycles. The summed E-state index contributed by atoms with van der Waals surface area (Å²) in [5, 5.41) is 9.96. The summed E-state index contributed by atoms with van der Waals surface area (Å²) in [4.78, 5) is 24.7. The molecular formula is C20H15Cl2NO5S2. The van der Waals surface area contributed by atoms with Gasteiger partial charge in [-0.25, -0.2) is 0 Å². The highest BCUT2D eigenvalue weighted by Crippen LogP contribution is 2.35. The Bertz CT molecular complexity index is 1060. The average molecular weight is 484 g/mol. The predicted molar refractivity (Wildman–Crippen MR) is 121 cm³/mol. The Morgan fingerprint density at radius 1 is 1.23 bits per heavy atom. The first-order chi connectivity index (χ1) is 14.3. The molecule has 2 aromatic rings. The number of hydrogen-bond acceptors (Lipinski definition) is 6. The van der Waals surface area contributed by atoms with E-state index >= 15 is 0 Å². The summed E-state index contributed by atoms with van der Waals surface area (Å²) in [6.07, 6.45) is 1.63. The minimum atomic E-state index is -1.13. The van der Waals surface area contributed by atoms with Crippen LogP contribution < -0.4 is 9.47 Å². The summed E-state index contributed by atoms with van der Waals surface area (Å²) in [7, 11) is 1.51. The third-order valence-electron chi connectivity index (χ3n) is 4.05. The number of nitrogens with zero attached hydrogens (tertiary/aromatic N) is 1. The summed E-state index contributed by atoms with van der Waals surface area (Å²) in [6.45, 7) is -0.245. The molecule has 1 fully saturated rings. The highest BCUT2D eigenvalue weighted by molar-refractivity contribution is 8.26. The van der Waals surface area contributed by atoms with Crippen LogP contribution in [-0.4, -0.2) is 39.9 Å². The van der Waals surface area contributed by atoms with Crippen molar-refractivity contribution in [1.82, 2.24) is 4.90 Å². The first-order valence-electron chi connectivity index (χ1n) is 8.50. The van der Waals surface area contributed by atoms with Crippen LogP contribution in [0.1, 0.15) is 11.1 Å². The second-order valence-electron chi connectivity index (χ2n) is 6.10. The second kappa shape index (κ2) is 9.70. The van der Waals surface area contributed by atoms with Gasteiger partial charge in [-0.2, -0.15) is 0 Å². The zero-order chi connectivity index (χ0) is 21.8. The number of aliphatic carboxylic acids is 1. The number of ether oxygens (including phenoxy) is 2. The van der Waals surface area contributed by atoms with Gasteiger partial charge in [-0.15, -0.1) is 0 Å². The number of halogens is 2. The largest absolute Gasteiger partial charge is 0.493 e. The summed E-state index contributed by atoms with van der Waals surface area (Å²) in [6, 6.07) is 10.3. The SMILES string of the molecule is COc1cc(/C=C2/SC(=S)N(CC(=O)O)C2=O)ccc1OCc1ccc(Cl)cc1Cl. The Balaban J connectivity index is 1.77. The van der Waals surface area contributed by atoms with Crippen molar-refractivity contribution in [3.63, 3.8) is 0 Å². The molecular weight excluding hydrogens is 469 g/mol. The summed E-state index contributed by atoms with van der Waals surface area (Å²) in [5.41, 5.74) is 1.45. The van der Waals surface area contributed by atoms with E-state index in [1.807, 2.05) is 0 Å². The number of amides is 1. The molecule has 1 aliphatic rings. The summed E-state index contributed by atoms with van der Waals surface area (Å²) < 4.78 is 11.4. The smallest absolute Gasteiger partial charge is 0.323 e. The van der Waals surface area contributed by atoms with E-state index in [9.17, 15) is 9.59 Å². The third-order valence-corrected chi connectivity index (χ3v) is 6.02. The van der Waals surface area contributed by atoms with Crippen LogP contribution in [0.4, 0.5) is 0 Å². The van der Waals surface area contributed by atoms with E-state index in [1.54, 1.807) is 42.5 Å². The minimum Gasteiger partial charge on any atom is -0.493 e. The van der Waals surface area contributed by atoms with Gasteiger partial charge in [0.05, 0.1) is 12.0 Å². The van der Waals surface area contributed by atoms with Gasteiger partial charge in [0.15, 0.2) is 11.5 Å². The van der Waals surface area contributed by atoms with Gasteiger partial charge >= 0.3 is 5.97 Å². The lowest BCUT2D eigenvalue weighted by molar-refractivity contribution is -0.140. The molecule has 0 aliphatic carbocycles. The van der Waals surface area contributed by atoms with E-state index in [4.69, 9.17) is 50.0 Å². The molecule has 10 heteroatoms. The number of carbonyl (C=O) groups is 2. The number of hydrogen-bond donors (Lipinski definition) is 1. The van der Waals surface area contributed by atoms with Crippen LogP contribution in [0.25, 0.3) is 6.08 Å². The van der Waals surface area contributed by atoms with Crippen molar-refractivity contribution < 1.29 is 24.2 Å². The molecule has 3 rings (SSSR count). The number of rotatable bonds is 7. The molecule has 0 radical (unpaired) electrons. The van der Waals surface area contributed by atoms with Crippen molar-refractivity contribution in [2.75, 3.05) is 13.7 Å². The number of carboxylic acids is 1. The first-order valence-corrected chi connectivity index (χ1v) is 10.5. The highest BCUT2D eigenvalue weighted by Gasteiger charge is 2.33. The fraction of sp³-hybridized carbons (Fsp3) is 0.150. The quantitative estimate of drug-likeness (QED) is 0.444. The predicted octanol–water partition coefficient (Wildman–Crippen LogP) is 4.87. The lowest BCUT2D eigenvalue weighted by Gasteiger charge is -2.12. The van der Waals surface area contributed by atoms with Gasteiger partial charge in [-0.3, -0.25) is 14.5 Å². The van der Waals surface area contributed by atoms with Crippen molar-refractivity contribution in [1.29, 1.82) is 0 Å². The minimum absolute atomic E-state index is 0.209. The zero-order valence-electron chi connectivity index (χ0n) is 15.6. The van der Waals surface area contributed by atoms with Gasteiger partial charge in [0.25, 0.3) is 5.91 Å². The lowest BCUT2D eigenvalue weighted by atomic mass is 10.1. The fourth-order valence-corrected chi connectivity index (χ4v) is 4.33. The van der Waals surface area contributed by atoms with E-state index < -0.39 is 18.4 Å². The van der Waals surface area contributed by atoms with Crippen LogP contribution in [0.15, 0.2) is 41.3 Å². The van der Waals surface area contributed by atoms with Crippen molar-refractivity contribution in [2.24, 2.45) is 0 Å². The third kappa shape index (κ3) is 5.26. The Morgan fingerprint density at radius 2 is 2.00 bits per heavy atom. The molecule has 156 valence electrons. The molecule has 0 aromatic heterocycles. The van der Waals surface area contributed by atoms with Gasteiger partial charge in [-0.1, -0.05) is 59.3 Å². The van der Waals surface area contributed by atoms with E-state index in [1.165, 1.54) is 7.11 Å². The average Bonchev–Trinajstić information content (AvgIpc) is 2.95. The molecule has 1 heterocycles. The zero-order valence-corrected chi connectivity index (χ0v) is 18.7. The lowest BCUT2D eigenvalue weighted by Crippen LogP contribution is -2.33. The van der Waals surface area contributed by atoms with Crippen LogP contribution in [0, 0.1) is 0 Å². The standard InChI is InChI=1S/C20H15Cl2NO5S2/c1-27-16-6-11(7-17-19(26)23(9-18(24)25)20(29)30-17)2-5-15(16)28-10-12-3-4-13(21)8-14(12)22/h2-8H,9-10H2,1H3,(H,24,25)/b17-7+. The molecule has 1 N–H and O–H groups in total. The number of benzene rings is 2. The van der Waals surface area contributed by atoms with Crippen LogP contribution in [0.3, 0.4) is 0 Å². The number of methoxy groups -OCH3 is 1. The van der Waals surface area contributed by atoms with Crippen molar-refractivity contribution in [3.8, 4) is 11.5 Å². The summed E-state index contributed by atoms with van der Waals surface area (Å²) in [5.74, 6) is -0.602. The molecule has 0 atom stereocenters. The van der Waals surface area contributed by atoms with Gasteiger partial charge < -0.3 is 14.6 Å². The Morgan fingerprint density at radius 3 is 2.67 bits per heavy atom. The Kier molecular flexibility index (Phi) is 7.25. The van der Waals surface area contributed by atoms with E-state index in [0.717, 1.165) is 22.2 Å². The molecule has 0 bridgehead atoms. The highest BCUT2D eigenvalue weighted by atomic mass is 35.5. The van der Waals surface area contributed by atoms with Crippen molar-refractivity contribution >= 4 is 69.5 Å². The monoisotopic (exact) mass is 483 g/mol. The van der Waals surface area contributed by atoms with Crippen LogP contribution in [0.5, 0.6) is 11.5 Å². The Labute approximate surface area is 192 Å². The number of carbonyl (C=O) groups excluding carboxylic acids is 1. The number of thiocarbonyl (C=S) groups is 1. The van der Waals surface area contributed by atoms with E-state index in [2.05, 4.69) is 0 Å². The van der Waals surface area contributed by atoms with Crippen LogP contribution in [0.2, 0.25) is 10.0 Å². The maximum Gasteiger partial charge on any atom is 0.323 e. The van der Waals surface area contributed by atoms with E-state index in [-0.39, 0.29) is 10.9 Å². The van der Waals surface area contributed by atoms with Gasteiger partial charge in [0, 0.05) is 15.6 Å². The summed E-state index contributed by atoms with van der Waals surface area (Å²) >= 11 is 18.2. The molecule has 0 saturated carbocycles. The van der Waals surface area contributed by atoms with Gasteiger partial charge in [0.1, 0.15) is 17.5 Å². The molecule has 0 unspecified atom stereocenters. The van der Waals surface area contributed by atoms with Gasteiger partial charge in [0.2, 0.25) is 0 Å². The van der Waals surface area contributed by atoms with Crippen molar-refractivity contribution in [2.45, 2.75) is 6.61 Å². The number of thioether (sulfide) groups is 1. The van der Waals surface area contributed by atoms with Gasteiger partial charge in [-0.05, 0) is 35.9 Å². The fourth-order valence-electron chi connectivity index (χ4n) is 2.61. The molecule has 1 saturated heterocycles. The topological polar surface area (TPSA) is 76.1 Å². The molecule has 6 nitrogen and oxygen atoms in total. The molecule has 30 heavy (non-hydrogen) atoms. The molecule has 0 spiro atoms.